The number of fused-ring (bicyclic) bond motifs is 4. The van der Waals surface area contributed by atoms with Gasteiger partial charge in [0.15, 0.2) is 5.78 Å². The van der Waals surface area contributed by atoms with E-state index in [2.05, 4.69) is 29.1 Å². The number of allylic oxidation sites excluding steroid dienone is 2. The van der Waals surface area contributed by atoms with Crippen molar-refractivity contribution in [1.29, 1.82) is 0 Å². The monoisotopic (exact) mass is 326 g/mol. The standard InChI is InChI=1S/C19H22N2O3/c1-11-18(20-23)17-15(4-3-5-16(17)22)21-9-8-12-10-13(24-2)6-7-14(12)19(11)21/h6-7,10-11,19,23H,3-5,8-9H2,1-2H3/t11-,19?/m0/s1. The quantitative estimate of drug-likeness (QED) is 0.636. The molecule has 1 aromatic carbocycles. The van der Waals surface area contributed by atoms with Gasteiger partial charge in [-0.1, -0.05) is 18.1 Å². The predicted octanol–water partition coefficient (Wildman–Crippen LogP) is 3.08. The maximum absolute atomic E-state index is 12.5. The molecule has 1 N–H and O–H groups in total. The van der Waals surface area contributed by atoms with E-state index in [0.29, 0.717) is 17.7 Å². The Bertz CT molecular complexity index is 766. The summed E-state index contributed by atoms with van der Waals surface area (Å²) in [5, 5.41) is 13.1. The van der Waals surface area contributed by atoms with Crippen LogP contribution in [-0.4, -0.2) is 35.3 Å². The summed E-state index contributed by atoms with van der Waals surface area (Å²) < 4.78 is 5.35. The number of ether oxygens (including phenoxy) is 1. The number of hydrogen-bond donors (Lipinski definition) is 1. The van der Waals surface area contributed by atoms with Crippen LogP contribution in [-0.2, 0) is 11.2 Å². The first-order valence-corrected chi connectivity index (χ1v) is 8.57. The van der Waals surface area contributed by atoms with Crippen LogP contribution in [0.5, 0.6) is 5.75 Å². The molecule has 0 spiro atoms. The Balaban J connectivity index is 1.86. The van der Waals surface area contributed by atoms with Gasteiger partial charge in [0.2, 0.25) is 0 Å². The molecule has 0 saturated carbocycles. The van der Waals surface area contributed by atoms with Crippen LogP contribution in [0.3, 0.4) is 0 Å². The lowest BCUT2D eigenvalue weighted by molar-refractivity contribution is -0.116. The minimum atomic E-state index is -0.0248. The van der Waals surface area contributed by atoms with Gasteiger partial charge in [-0.2, -0.15) is 0 Å². The third-order valence-corrected chi connectivity index (χ3v) is 5.63. The number of benzene rings is 1. The molecule has 0 aromatic heterocycles. The van der Waals surface area contributed by atoms with Crippen LogP contribution in [0.4, 0.5) is 0 Å². The number of nitrogens with zero attached hydrogens (tertiary/aromatic N) is 2. The number of oxime groups is 1. The van der Waals surface area contributed by atoms with Crippen LogP contribution in [0.25, 0.3) is 0 Å². The van der Waals surface area contributed by atoms with Crippen molar-refractivity contribution in [3.63, 3.8) is 0 Å². The molecule has 2 aliphatic heterocycles. The van der Waals surface area contributed by atoms with Crippen LogP contribution >= 0.6 is 0 Å². The van der Waals surface area contributed by atoms with Crippen LogP contribution in [0, 0.1) is 5.92 Å². The van der Waals surface area contributed by atoms with Gasteiger partial charge in [-0.3, -0.25) is 4.79 Å². The second-order valence-electron chi connectivity index (χ2n) is 6.83. The van der Waals surface area contributed by atoms with Gasteiger partial charge in [-0.25, -0.2) is 0 Å². The number of hydrogen-bond acceptors (Lipinski definition) is 5. The average Bonchev–Trinajstić information content (AvgIpc) is 2.61. The van der Waals surface area contributed by atoms with Crippen molar-refractivity contribution in [3.05, 3.63) is 40.6 Å². The Kier molecular flexibility index (Phi) is 3.59. The number of carbonyl (C=O) groups excluding carboxylic acids is 1. The Labute approximate surface area is 141 Å². The van der Waals surface area contributed by atoms with E-state index in [1.54, 1.807) is 7.11 Å². The zero-order valence-electron chi connectivity index (χ0n) is 14.1. The van der Waals surface area contributed by atoms with E-state index in [4.69, 9.17) is 4.74 Å². The van der Waals surface area contributed by atoms with Crippen molar-refractivity contribution in [1.82, 2.24) is 4.90 Å². The summed E-state index contributed by atoms with van der Waals surface area (Å²) in [6.07, 6.45) is 3.25. The van der Waals surface area contributed by atoms with Crippen molar-refractivity contribution in [2.45, 2.75) is 38.6 Å². The van der Waals surface area contributed by atoms with E-state index < -0.39 is 0 Å². The van der Waals surface area contributed by atoms with Crippen molar-refractivity contribution < 1.29 is 14.7 Å². The fourth-order valence-corrected chi connectivity index (χ4v) is 4.53. The molecule has 1 unspecified atom stereocenters. The molecule has 0 fully saturated rings. The molecular weight excluding hydrogens is 304 g/mol. The molecule has 2 heterocycles. The van der Waals surface area contributed by atoms with E-state index in [0.717, 1.165) is 37.3 Å². The minimum Gasteiger partial charge on any atom is -0.497 e. The van der Waals surface area contributed by atoms with E-state index in [1.807, 2.05) is 6.07 Å². The second-order valence-corrected chi connectivity index (χ2v) is 6.83. The predicted molar refractivity (Wildman–Crippen MR) is 90.4 cm³/mol. The highest BCUT2D eigenvalue weighted by Crippen LogP contribution is 2.46. The highest BCUT2D eigenvalue weighted by atomic mass is 16.5. The van der Waals surface area contributed by atoms with E-state index in [-0.39, 0.29) is 17.7 Å². The van der Waals surface area contributed by atoms with Crippen molar-refractivity contribution in [2.75, 3.05) is 13.7 Å². The SMILES string of the molecule is COc1ccc2c(c1)CCN1C3=C(C(=O)CCC3)C(=NO)[C@H](C)C21. The Hall–Kier alpha value is -2.30. The van der Waals surface area contributed by atoms with E-state index in [1.165, 1.54) is 11.1 Å². The normalized spacial score (nSPS) is 27.7. The first-order chi connectivity index (χ1) is 11.7. The van der Waals surface area contributed by atoms with Gasteiger partial charge in [0.05, 0.1) is 24.4 Å². The molecule has 3 aliphatic rings. The maximum atomic E-state index is 12.5. The number of methoxy groups -OCH3 is 1. The lowest BCUT2D eigenvalue weighted by Crippen LogP contribution is -2.47. The average molecular weight is 326 g/mol. The summed E-state index contributed by atoms with van der Waals surface area (Å²) >= 11 is 0. The molecule has 24 heavy (non-hydrogen) atoms. The van der Waals surface area contributed by atoms with Crippen LogP contribution in [0.1, 0.15) is 43.4 Å². The molecule has 0 saturated heterocycles. The molecule has 5 heteroatoms. The van der Waals surface area contributed by atoms with Gasteiger partial charge in [0.25, 0.3) is 0 Å². The van der Waals surface area contributed by atoms with Crippen LogP contribution in [0.2, 0.25) is 0 Å². The number of rotatable bonds is 1. The third kappa shape index (κ3) is 2.07. The zero-order valence-corrected chi connectivity index (χ0v) is 14.1. The number of ketones is 1. The molecule has 5 nitrogen and oxygen atoms in total. The van der Waals surface area contributed by atoms with Gasteiger partial charge in [-0.15, -0.1) is 0 Å². The van der Waals surface area contributed by atoms with Gasteiger partial charge in [0.1, 0.15) is 5.75 Å². The highest BCUT2D eigenvalue weighted by Gasteiger charge is 2.44. The fraction of sp³-hybridized carbons (Fsp3) is 0.474. The summed E-state index contributed by atoms with van der Waals surface area (Å²) in [5.41, 5.74) is 4.83. The van der Waals surface area contributed by atoms with Gasteiger partial charge >= 0.3 is 0 Å². The fourth-order valence-electron chi connectivity index (χ4n) is 4.53. The maximum Gasteiger partial charge on any atom is 0.166 e. The molecule has 0 radical (unpaired) electrons. The number of Topliss-reactive ketones (excluding diaryl/α,β-unsaturated/α-hetero) is 1. The summed E-state index contributed by atoms with van der Waals surface area (Å²) in [4.78, 5) is 14.8. The largest absolute Gasteiger partial charge is 0.497 e. The van der Waals surface area contributed by atoms with Crippen molar-refractivity contribution in [3.8, 4) is 5.75 Å². The van der Waals surface area contributed by atoms with Crippen molar-refractivity contribution >= 4 is 11.5 Å². The summed E-state index contributed by atoms with van der Waals surface area (Å²) in [6.45, 7) is 2.94. The van der Waals surface area contributed by atoms with Gasteiger partial charge in [-0.05, 0) is 42.5 Å². The third-order valence-electron chi connectivity index (χ3n) is 5.63. The second kappa shape index (κ2) is 5.65. The molecular formula is C19H22N2O3. The molecule has 4 rings (SSSR count). The highest BCUT2D eigenvalue weighted by molar-refractivity contribution is 6.24. The molecule has 1 aliphatic carbocycles. The molecule has 1 aromatic rings. The number of carbonyl (C=O) groups is 1. The lowest BCUT2D eigenvalue weighted by Gasteiger charge is -2.48. The summed E-state index contributed by atoms with van der Waals surface area (Å²) in [5.74, 6) is 0.965. The van der Waals surface area contributed by atoms with E-state index in [9.17, 15) is 10.0 Å². The minimum absolute atomic E-state index is 0.0248. The van der Waals surface area contributed by atoms with Crippen LogP contribution in [0.15, 0.2) is 34.6 Å². The Morgan fingerprint density at radius 1 is 1.29 bits per heavy atom. The zero-order chi connectivity index (χ0) is 16.8. The Morgan fingerprint density at radius 2 is 2.12 bits per heavy atom. The molecule has 126 valence electrons. The van der Waals surface area contributed by atoms with Crippen LogP contribution < -0.4 is 4.74 Å². The molecule has 0 amide bonds. The summed E-state index contributed by atoms with van der Waals surface area (Å²) in [7, 11) is 1.68. The summed E-state index contributed by atoms with van der Waals surface area (Å²) in [6, 6.07) is 6.33. The smallest absolute Gasteiger partial charge is 0.166 e. The Morgan fingerprint density at radius 3 is 2.88 bits per heavy atom. The van der Waals surface area contributed by atoms with E-state index >= 15 is 0 Å². The topological polar surface area (TPSA) is 62.1 Å². The lowest BCUT2D eigenvalue weighted by atomic mass is 9.74. The molecule has 0 bridgehead atoms. The first-order valence-electron chi connectivity index (χ1n) is 8.57. The van der Waals surface area contributed by atoms with Gasteiger partial charge in [0, 0.05) is 24.6 Å². The van der Waals surface area contributed by atoms with Crippen molar-refractivity contribution in [2.24, 2.45) is 11.1 Å². The first kappa shape index (κ1) is 15.2. The molecule has 2 atom stereocenters. The van der Waals surface area contributed by atoms with Gasteiger partial charge < -0.3 is 14.8 Å².